The first-order chi connectivity index (χ1) is 36.5. The number of methoxy groups -OCH3 is 1. The summed E-state index contributed by atoms with van der Waals surface area (Å²) in [5.74, 6) is -5.65. The van der Waals surface area contributed by atoms with Crippen molar-refractivity contribution < 1.29 is 67.6 Å². The molecule has 0 aliphatic carbocycles. The number of phenols is 1. The number of ether oxygens (including phenoxy) is 3. The average molecular weight is 1130 g/mol. The molecule has 1 saturated heterocycles. The monoisotopic (exact) mass is 1130 g/mol. The number of nitrogens with zero attached hydrogens (tertiary/aromatic N) is 3. The standard InChI is InChI=1S/C55H85N7O14S2/c1-13-33(4)23-47(67)61(11)41(32(2)3)27-43(76-35(6)63)51-60-40(30-78-51)50(70)57-37(24-34(5)53(72)73)25-36-19-20-42(64)39(26-36)59-49(69)38(58-45(65)18-16-22-62-48(68)28-44(77)52(62)71)17-14-15-21-56-46(66)29-54(7,8)75-31-55(9,10)74-12/h19-20,26,30,32-34,37-38,41,43-44,64,77H,13-18,21-25,27-29,31H2,1-12H3,(H,56,66)(H,57,70)(H,58,65)(H,59,69)(H,72,73)/t33-,34?,37+,38-,41?,43+,44?/m0/s1. The second-order valence-electron chi connectivity index (χ2n) is 22.0. The van der Waals surface area contributed by atoms with Gasteiger partial charge in [0, 0.05) is 77.3 Å². The van der Waals surface area contributed by atoms with E-state index in [1.165, 1.54) is 31.4 Å². The Hall–Kier alpha value is -5.65. The number of carbonyl (C=O) groups is 9. The first kappa shape index (κ1) is 66.6. The number of aliphatic carboxylic acids is 1. The molecule has 1 fully saturated rings. The molecule has 0 bridgehead atoms. The zero-order valence-corrected chi connectivity index (χ0v) is 49.2. The summed E-state index contributed by atoms with van der Waals surface area (Å²) in [4.78, 5) is 124. The molecule has 436 valence electrons. The number of imide groups is 1. The minimum atomic E-state index is -1.13. The van der Waals surface area contributed by atoms with E-state index >= 15 is 0 Å². The highest BCUT2D eigenvalue weighted by molar-refractivity contribution is 7.81. The molecule has 2 heterocycles. The van der Waals surface area contributed by atoms with E-state index in [1.54, 1.807) is 39.0 Å². The van der Waals surface area contributed by atoms with E-state index in [1.807, 2.05) is 41.5 Å². The Balaban J connectivity index is 1.80. The third kappa shape index (κ3) is 22.2. The van der Waals surface area contributed by atoms with Gasteiger partial charge in [-0.25, -0.2) is 4.98 Å². The van der Waals surface area contributed by atoms with Gasteiger partial charge in [-0.05, 0) is 95.8 Å². The topological polar surface area (TPSA) is 289 Å². The fraction of sp³-hybridized carbons (Fsp3) is 0.673. The molecule has 1 aliphatic rings. The Morgan fingerprint density at radius 3 is 2.27 bits per heavy atom. The molecule has 78 heavy (non-hydrogen) atoms. The summed E-state index contributed by atoms with van der Waals surface area (Å²) in [5.41, 5.74) is -0.848. The Kier molecular flexibility index (Phi) is 26.7. The van der Waals surface area contributed by atoms with Gasteiger partial charge in [0.2, 0.25) is 35.4 Å². The van der Waals surface area contributed by atoms with E-state index in [-0.39, 0.29) is 124 Å². The van der Waals surface area contributed by atoms with Gasteiger partial charge in [-0.1, -0.05) is 47.1 Å². The number of nitrogens with one attached hydrogen (secondary N) is 4. The summed E-state index contributed by atoms with van der Waals surface area (Å²) in [5, 5.41) is 33.2. The smallest absolute Gasteiger partial charge is 0.306 e. The SMILES string of the molecule is CC[C@H](C)CC(=O)N(C)C(C[C@@H](OC(C)=O)c1nc(C(=O)N[C@@H](Cc2ccc(O)c(NC(=O)[C@H](CCCCNC(=O)CC(C)(C)OCC(C)(C)OC)NC(=O)CCCN3C(=O)CC(S)C3=O)c2)CC(C)C(=O)O)cs1)C(C)C. The van der Waals surface area contributed by atoms with Crippen molar-refractivity contribution in [1.29, 1.82) is 0 Å². The lowest BCUT2D eigenvalue weighted by Crippen LogP contribution is -2.44. The molecule has 7 atom stereocenters. The Morgan fingerprint density at radius 2 is 1.67 bits per heavy atom. The molecular formula is C55H85N7O14S2. The van der Waals surface area contributed by atoms with E-state index in [2.05, 4.69) is 38.9 Å². The van der Waals surface area contributed by atoms with E-state index in [0.29, 0.717) is 29.8 Å². The van der Waals surface area contributed by atoms with Crippen LogP contribution in [0, 0.1) is 17.8 Å². The number of esters is 1. The van der Waals surface area contributed by atoms with Crippen LogP contribution in [0.2, 0.25) is 0 Å². The van der Waals surface area contributed by atoms with Crippen molar-refractivity contribution >= 4 is 82.9 Å². The van der Waals surface area contributed by atoms with E-state index in [4.69, 9.17) is 14.2 Å². The lowest BCUT2D eigenvalue weighted by molar-refractivity contribution is -0.149. The molecule has 1 aliphatic heterocycles. The summed E-state index contributed by atoms with van der Waals surface area (Å²) >= 11 is 5.26. The van der Waals surface area contributed by atoms with Crippen molar-refractivity contribution in [2.75, 3.05) is 39.2 Å². The number of thiazole rings is 1. The summed E-state index contributed by atoms with van der Waals surface area (Å²) < 4.78 is 17.1. The molecule has 0 spiro atoms. The number of likely N-dealkylation sites (tertiary alicyclic amines) is 1. The van der Waals surface area contributed by atoms with E-state index < -0.39 is 76.1 Å². The van der Waals surface area contributed by atoms with Crippen LogP contribution in [0.3, 0.4) is 0 Å². The highest BCUT2D eigenvalue weighted by atomic mass is 32.1. The molecule has 23 heteroatoms. The number of hydrogen-bond acceptors (Lipinski definition) is 16. The zero-order valence-electron chi connectivity index (χ0n) is 47.5. The van der Waals surface area contributed by atoms with Crippen LogP contribution >= 0.6 is 24.0 Å². The number of carboxylic acid groups (broad SMARTS) is 1. The quantitative estimate of drug-likeness (QED) is 0.0132. The van der Waals surface area contributed by atoms with Crippen LogP contribution in [0.5, 0.6) is 5.75 Å². The molecule has 1 aromatic carbocycles. The zero-order chi connectivity index (χ0) is 58.7. The summed E-state index contributed by atoms with van der Waals surface area (Å²) in [6, 6.07) is 2.11. The number of hydrogen-bond donors (Lipinski definition) is 7. The molecule has 1 aromatic heterocycles. The third-order valence-corrected chi connectivity index (χ3v) is 15.1. The third-order valence-electron chi connectivity index (χ3n) is 13.7. The second-order valence-corrected chi connectivity index (χ2v) is 23.5. The summed E-state index contributed by atoms with van der Waals surface area (Å²) in [6.45, 7) is 18.6. The molecule has 3 rings (SSSR count). The molecule has 3 unspecified atom stereocenters. The van der Waals surface area contributed by atoms with Gasteiger partial charge in [0.05, 0.1) is 41.1 Å². The van der Waals surface area contributed by atoms with Gasteiger partial charge in [0.1, 0.15) is 22.5 Å². The van der Waals surface area contributed by atoms with Crippen LogP contribution < -0.4 is 21.3 Å². The number of rotatable bonds is 34. The Bertz CT molecular complexity index is 2400. The molecule has 6 N–H and O–H groups in total. The van der Waals surface area contributed by atoms with Crippen molar-refractivity contribution in [2.45, 2.75) is 187 Å². The number of carboxylic acids is 1. The van der Waals surface area contributed by atoms with Crippen LogP contribution in [0.25, 0.3) is 0 Å². The number of aromatic nitrogens is 1. The maximum Gasteiger partial charge on any atom is 0.306 e. The highest BCUT2D eigenvalue weighted by Crippen LogP contribution is 2.32. The van der Waals surface area contributed by atoms with Crippen LogP contribution in [-0.4, -0.2) is 147 Å². The maximum atomic E-state index is 14.0. The predicted molar refractivity (Wildman–Crippen MR) is 298 cm³/mol. The maximum absolute atomic E-state index is 14.0. The van der Waals surface area contributed by atoms with Crippen molar-refractivity contribution in [3.05, 3.63) is 39.8 Å². The van der Waals surface area contributed by atoms with Gasteiger partial charge in [-0.3, -0.25) is 48.1 Å². The summed E-state index contributed by atoms with van der Waals surface area (Å²) in [7, 11) is 3.31. The number of thiol groups is 1. The Morgan fingerprint density at radius 1 is 0.974 bits per heavy atom. The van der Waals surface area contributed by atoms with Gasteiger partial charge in [-0.15, -0.1) is 11.3 Å². The number of phenolic OH excluding ortho intramolecular Hbond substituents is 1. The van der Waals surface area contributed by atoms with Crippen LogP contribution in [0.4, 0.5) is 5.69 Å². The average Bonchev–Trinajstić information content (AvgIpc) is 3.95. The second kappa shape index (κ2) is 31.2. The van der Waals surface area contributed by atoms with Gasteiger partial charge >= 0.3 is 11.9 Å². The molecule has 21 nitrogen and oxygen atoms in total. The van der Waals surface area contributed by atoms with Crippen molar-refractivity contribution in [3.63, 3.8) is 0 Å². The number of unbranched alkanes of at least 4 members (excludes halogenated alkanes) is 1. The minimum Gasteiger partial charge on any atom is -0.506 e. The van der Waals surface area contributed by atoms with Crippen molar-refractivity contribution in [3.8, 4) is 5.75 Å². The highest BCUT2D eigenvalue weighted by Gasteiger charge is 2.36. The van der Waals surface area contributed by atoms with Gasteiger partial charge in [-0.2, -0.15) is 12.6 Å². The first-order valence-electron chi connectivity index (χ1n) is 26.8. The molecule has 0 saturated carbocycles. The van der Waals surface area contributed by atoms with Gasteiger partial charge < -0.3 is 50.6 Å². The number of carbonyl (C=O) groups excluding carboxylic acids is 8. The van der Waals surface area contributed by atoms with Crippen molar-refractivity contribution in [2.24, 2.45) is 17.8 Å². The van der Waals surface area contributed by atoms with Gasteiger partial charge in [0.15, 0.2) is 6.10 Å². The molecule has 0 radical (unpaired) electrons. The predicted octanol–water partition coefficient (Wildman–Crippen LogP) is 6.37. The van der Waals surface area contributed by atoms with E-state index in [9.17, 15) is 53.4 Å². The number of aromatic hydroxyl groups is 1. The van der Waals surface area contributed by atoms with Crippen molar-refractivity contribution in [1.82, 2.24) is 30.7 Å². The molecule has 7 amide bonds. The first-order valence-corrected chi connectivity index (χ1v) is 28.2. The van der Waals surface area contributed by atoms with Gasteiger partial charge in [0.25, 0.3) is 5.91 Å². The van der Waals surface area contributed by atoms with Crippen LogP contribution in [0.15, 0.2) is 23.6 Å². The van der Waals surface area contributed by atoms with Crippen LogP contribution in [0.1, 0.15) is 167 Å². The number of amides is 7. The summed E-state index contributed by atoms with van der Waals surface area (Å²) in [6.07, 6.45) is 1.56. The Labute approximate surface area is 468 Å². The fourth-order valence-corrected chi connectivity index (χ4v) is 9.70. The minimum absolute atomic E-state index is 0.000863. The lowest BCUT2D eigenvalue weighted by atomic mass is 9.95. The normalized spacial score (nSPS) is 16.2. The fourth-order valence-electron chi connectivity index (χ4n) is 8.57. The number of anilines is 1. The lowest BCUT2D eigenvalue weighted by Gasteiger charge is -2.34. The largest absolute Gasteiger partial charge is 0.506 e. The molecule has 2 aromatic rings. The van der Waals surface area contributed by atoms with Crippen LogP contribution in [-0.2, 0) is 59.0 Å². The number of benzene rings is 1. The molecular weight excluding hydrogens is 1050 g/mol. The van der Waals surface area contributed by atoms with E-state index in [0.717, 1.165) is 22.7 Å².